The lowest BCUT2D eigenvalue weighted by Crippen LogP contribution is -2.48. The monoisotopic (exact) mass is 428 g/mol. The largest absolute Gasteiger partial charge is 0.351 e. The molecule has 3 aromatic rings. The van der Waals surface area contributed by atoms with Crippen LogP contribution in [0.25, 0.3) is 0 Å². The van der Waals surface area contributed by atoms with Crippen LogP contribution in [0.4, 0.5) is 4.39 Å². The van der Waals surface area contributed by atoms with Crippen molar-refractivity contribution in [3.05, 3.63) is 106 Å². The van der Waals surface area contributed by atoms with Crippen molar-refractivity contribution in [1.29, 1.82) is 0 Å². The van der Waals surface area contributed by atoms with Crippen LogP contribution in [-0.2, 0) is 11.3 Å². The van der Waals surface area contributed by atoms with Crippen LogP contribution < -0.4 is 5.32 Å². The number of benzene rings is 3. The summed E-state index contributed by atoms with van der Waals surface area (Å²) < 4.78 is 13.2. The number of fused-ring (bicyclic) bond motifs is 1. The van der Waals surface area contributed by atoms with Gasteiger partial charge in [-0.3, -0.25) is 9.59 Å². The molecule has 3 aromatic carbocycles. The van der Waals surface area contributed by atoms with Gasteiger partial charge in [-0.2, -0.15) is 0 Å². The van der Waals surface area contributed by atoms with Gasteiger partial charge in [0.15, 0.2) is 0 Å². The first-order chi connectivity index (χ1) is 15.5. The predicted octanol–water partition coefficient (Wildman–Crippen LogP) is 4.89. The second-order valence-electron chi connectivity index (χ2n) is 8.71. The molecule has 1 fully saturated rings. The zero-order valence-electron chi connectivity index (χ0n) is 17.9. The lowest BCUT2D eigenvalue weighted by Gasteiger charge is -2.42. The van der Waals surface area contributed by atoms with E-state index in [-0.39, 0.29) is 29.7 Å². The quantitative estimate of drug-likeness (QED) is 0.629. The molecule has 1 saturated carbocycles. The van der Waals surface area contributed by atoms with Crippen LogP contribution in [0.1, 0.15) is 57.4 Å². The van der Waals surface area contributed by atoms with E-state index in [9.17, 15) is 14.0 Å². The van der Waals surface area contributed by atoms with Crippen molar-refractivity contribution in [3.8, 4) is 0 Å². The van der Waals surface area contributed by atoms with Crippen LogP contribution in [0.2, 0.25) is 0 Å². The van der Waals surface area contributed by atoms with E-state index in [1.165, 1.54) is 12.1 Å². The van der Waals surface area contributed by atoms with Gasteiger partial charge in [0.2, 0.25) is 5.91 Å². The summed E-state index contributed by atoms with van der Waals surface area (Å²) in [4.78, 5) is 29.1. The molecular formula is C27H25FN2O2. The van der Waals surface area contributed by atoms with Crippen LogP contribution in [0.5, 0.6) is 0 Å². The van der Waals surface area contributed by atoms with E-state index in [0.717, 1.165) is 35.1 Å². The Balaban J connectivity index is 1.55. The number of amides is 2. The number of hydrogen-bond donors (Lipinski definition) is 1. The van der Waals surface area contributed by atoms with Crippen LogP contribution in [-0.4, -0.2) is 22.8 Å². The molecule has 0 unspecified atom stereocenters. The lowest BCUT2D eigenvalue weighted by molar-refractivity contribution is -0.124. The third-order valence-corrected chi connectivity index (χ3v) is 6.36. The van der Waals surface area contributed by atoms with Gasteiger partial charge in [-0.15, -0.1) is 0 Å². The molecule has 1 N–H and O–H groups in total. The molecule has 2 aliphatic rings. The summed E-state index contributed by atoms with van der Waals surface area (Å²) in [6.45, 7) is 2.32. The molecule has 0 spiro atoms. The predicted molar refractivity (Wildman–Crippen MR) is 121 cm³/mol. The van der Waals surface area contributed by atoms with E-state index < -0.39 is 5.92 Å². The van der Waals surface area contributed by atoms with Gasteiger partial charge in [-0.25, -0.2) is 4.39 Å². The second-order valence-corrected chi connectivity index (χ2v) is 8.71. The van der Waals surface area contributed by atoms with E-state index in [0.29, 0.717) is 12.1 Å². The minimum atomic E-state index is -0.522. The Hall–Kier alpha value is -3.47. The molecule has 4 nitrogen and oxygen atoms in total. The molecule has 1 aliphatic carbocycles. The van der Waals surface area contributed by atoms with Gasteiger partial charge in [0.25, 0.3) is 5.91 Å². The highest BCUT2D eigenvalue weighted by Crippen LogP contribution is 2.47. The summed E-state index contributed by atoms with van der Waals surface area (Å²) in [5.41, 5.74) is 4.26. The molecule has 162 valence electrons. The van der Waals surface area contributed by atoms with Gasteiger partial charge in [-0.1, -0.05) is 60.2 Å². The van der Waals surface area contributed by atoms with Gasteiger partial charge in [0, 0.05) is 18.2 Å². The molecule has 5 rings (SSSR count). The minimum absolute atomic E-state index is 0.00260. The van der Waals surface area contributed by atoms with E-state index in [1.54, 1.807) is 12.1 Å². The van der Waals surface area contributed by atoms with E-state index in [2.05, 4.69) is 11.4 Å². The third-order valence-electron chi connectivity index (χ3n) is 6.36. The van der Waals surface area contributed by atoms with Gasteiger partial charge in [0.1, 0.15) is 5.82 Å². The summed E-state index contributed by atoms with van der Waals surface area (Å²) in [5, 5.41) is 3.04. The Morgan fingerprint density at radius 3 is 2.50 bits per heavy atom. The van der Waals surface area contributed by atoms with Gasteiger partial charge < -0.3 is 10.2 Å². The smallest absolute Gasteiger partial charge is 0.254 e. The van der Waals surface area contributed by atoms with E-state index >= 15 is 0 Å². The fraction of sp³-hybridized carbons (Fsp3) is 0.259. The summed E-state index contributed by atoms with van der Waals surface area (Å²) in [7, 11) is 0. The van der Waals surface area contributed by atoms with Crippen molar-refractivity contribution in [2.45, 2.75) is 44.3 Å². The number of hydrogen-bond acceptors (Lipinski definition) is 2. The SMILES string of the molecule is Cc1cccc([C@@H]2[C@H](C(=O)NCc3ccc(F)cc3)c3ccccc3C(=O)N2C2CC2)c1. The maximum atomic E-state index is 13.6. The first-order valence-corrected chi connectivity index (χ1v) is 11.0. The van der Waals surface area contributed by atoms with Crippen LogP contribution in [0, 0.1) is 12.7 Å². The Kier molecular flexibility index (Phi) is 5.25. The number of aryl methyl sites for hydroxylation is 1. The number of nitrogens with one attached hydrogen (secondary N) is 1. The second kappa shape index (κ2) is 8.23. The molecule has 0 aromatic heterocycles. The van der Waals surface area contributed by atoms with Crippen molar-refractivity contribution in [3.63, 3.8) is 0 Å². The van der Waals surface area contributed by atoms with E-state index in [1.807, 2.05) is 54.3 Å². The normalized spacial score (nSPS) is 20.1. The number of carbonyl (C=O) groups is 2. The van der Waals surface area contributed by atoms with Crippen LogP contribution in [0.3, 0.4) is 0 Å². The average molecular weight is 429 g/mol. The maximum absolute atomic E-state index is 13.6. The number of carbonyl (C=O) groups excluding carboxylic acids is 2. The first kappa shape index (κ1) is 20.4. The molecule has 5 heteroatoms. The summed E-state index contributed by atoms with van der Waals surface area (Å²) in [6.07, 6.45) is 1.92. The number of nitrogens with zero attached hydrogens (tertiary/aromatic N) is 1. The molecule has 2 atom stereocenters. The topological polar surface area (TPSA) is 49.4 Å². The van der Waals surface area contributed by atoms with Crippen molar-refractivity contribution < 1.29 is 14.0 Å². The number of halogens is 1. The highest BCUT2D eigenvalue weighted by molar-refractivity contribution is 6.01. The van der Waals surface area contributed by atoms with E-state index in [4.69, 9.17) is 0 Å². The Morgan fingerprint density at radius 2 is 1.78 bits per heavy atom. The van der Waals surface area contributed by atoms with Crippen LogP contribution in [0.15, 0.2) is 72.8 Å². The first-order valence-electron chi connectivity index (χ1n) is 11.0. The van der Waals surface area contributed by atoms with Crippen molar-refractivity contribution >= 4 is 11.8 Å². The fourth-order valence-corrected chi connectivity index (χ4v) is 4.70. The molecule has 1 aliphatic heterocycles. The Labute approximate surface area is 187 Å². The molecule has 32 heavy (non-hydrogen) atoms. The van der Waals surface area contributed by atoms with Crippen molar-refractivity contribution in [1.82, 2.24) is 10.2 Å². The Bertz CT molecular complexity index is 1170. The number of rotatable bonds is 5. The molecule has 0 radical (unpaired) electrons. The van der Waals surface area contributed by atoms with Crippen LogP contribution >= 0.6 is 0 Å². The summed E-state index contributed by atoms with van der Waals surface area (Å²) in [6, 6.07) is 21.4. The maximum Gasteiger partial charge on any atom is 0.254 e. The highest BCUT2D eigenvalue weighted by Gasteiger charge is 2.48. The average Bonchev–Trinajstić information content (AvgIpc) is 3.63. The zero-order valence-corrected chi connectivity index (χ0v) is 17.9. The van der Waals surface area contributed by atoms with Crippen molar-refractivity contribution in [2.24, 2.45) is 0 Å². The molecular weight excluding hydrogens is 403 g/mol. The molecule has 0 saturated heterocycles. The van der Waals surface area contributed by atoms with Crippen molar-refractivity contribution in [2.75, 3.05) is 0 Å². The summed E-state index contributed by atoms with van der Waals surface area (Å²) >= 11 is 0. The summed E-state index contributed by atoms with van der Waals surface area (Å²) in [5.74, 6) is -0.963. The van der Waals surface area contributed by atoms with Gasteiger partial charge in [0.05, 0.1) is 12.0 Å². The Morgan fingerprint density at radius 1 is 1.03 bits per heavy atom. The minimum Gasteiger partial charge on any atom is -0.351 e. The zero-order chi connectivity index (χ0) is 22.2. The third kappa shape index (κ3) is 3.79. The fourth-order valence-electron chi connectivity index (χ4n) is 4.70. The molecule has 2 amide bonds. The highest BCUT2D eigenvalue weighted by atomic mass is 19.1. The van der Waals surface area contributed by atoms with Gasteiger partial charge in [-0.05, 0) is 54.7 Å². The lowest BCUT2D eigenvalue weighted by atomic mass is 9.78. The molecule has 1 heterocycles. The standard InChI is InChI=1S/C27H25FN2O2/c1-17-5-4-6-19(15-17)25-24(26(31)29-16-18-9-11-20(28)12-10-18)22-7-2-3-8-23(22)27(32)30(25)21-13-14-21/h2-12,15,21,24-25H,13-14,16H2,1H3,(H,29,31)/t24-,25-/m1/s1. The molecule has 0 bridgehead atoms. The van der Waals surface area contributed by atoms with Gasteiger partial charge >= 0.3 is 0 Å².